The van der Waals surface area contributed by atoms with Crippen LogP contribution in [-0.4, -0.2) is 12.6 Å². The van der Waals surface area contributed by atoms with Crippen molar-refractivity contribution < 1.29 is 14.3 Å². The molecule has 0 N–H and O–H groups in total. The molecule has 0 spiro atoms. The van der Waals surface area contributed by atoms with Crippen LogP contribution >= 0.6 is 0 Å². The van der Waals surface area contributed by atoms with Crippen LogP contribution in [0, 0.1) is 13.8 Å². The molecule has 0 bridgehead atoms. The third-order valence-electron chi connectivity index (χ3n) is 3.97. The van der Waals surface area contributed by atoms with Crippen molar-refractivity contribution >= 4 is 5.97 Å². The molecule has 0 fully saturated rings. The Kier molecular flexibility index (Phi) is 6.42. The number of aryl methyl sites for hydroxylation is 2. The zero-order chi connectivity index (χ0) is 17.5. The molecule has 0 atom stereocenters. The van der Waals surface area contributed by atoms with Crippen molar-refractivity contribution in [2.75, 3.05) is 6.61 Å². The maximum Gasteiger partial charge on any atom is 0.311 e. The smallest absolute Gasteiger partial charge is 0.311 e. The number of para-hydroxylation sites is 1. The lowest BCUT2D eigenvalue weighted by atomic mass is 10.0. The third-order valence-corrected chi connectivity index (χ3v) is 3.97. The van der Waals surface area contributed by atoms with Gasteiger partial charge in [0.15, 0.2) is 0 Å². The molecule has 3 heteroatoms. The van der Waals surface area contributed by atoms with Gasteiger partial charge in [-0.2, -0.15) is 0 Å². The molecule has 0 aliphatic heterocycles. The van der Waals surface area contributed by atoms with E-state index in [0.29, 0.717) is 31.1 Å². The number of benzene rings is 2. The van der Waals surface area contributed by atoms with Gasteiger partial charge in [-0.1, -0.05) is 44.2 Å². The van der Waals surface area contributed by atoms with Crippen molar-refractivity contribution in [1.29, 1.82) is 0 Å². The van der Waals surface area contributed by atoms with Crippen LogP contribution in [-0.2, 0) is 4.79 Å². The molecule has 0 aromatic heterocycles. The molecule has 0 heterocycles. The highest BCUT2D eigenvalue weighted by atomic mass is 16.5. The molecule has 0 unspecified atom stereocenters. The lowest BCUT2D eigenvalue weighted by Gasteiger charge is -2.11. The molecule has 3 nitrogen and oxygen atoms in total. The monoisotopic (exact) mass is 326 g/mol. The minimum absolute atomic E-state index is 0.217. The molecule has 2 rings (SSSR count). The minimum Gasteiger partial charge on any atom is -0.494 e. The van der Waals surface area contributed by atoms with E-state index in [2.05, 4.69) is 26.0 Å². The Labute approximate surface area is 144 Å². The van der Waals surface area contributed by atoms with E-state index in [1.165, 1.54) is 5.56 Å². The largest absolute Gasteiger partial charge is 0.494 e. The maximum absolute atomic E-state index is 12.0. The Morgan fingerprint density at radius 1 is 1.00 bits per heavy atom. The van der Waals surface area contributed by atoms with Gasteiger partial charge >= 0.3 is 5.97 Å². The van der Waals surface area contributed by atoms with E-state index in [4.69, 9.17) is 9.47 Å². The van der Waals surface area contributed by atoms with E-state index in [-0.39, 0.29) is 5.97 Å². The van der Waals surface area contributed by atoms with Crippen LogP contribution in [0.4, 0.5) is 0 Å². The molecule has 0 aliphatic carbocycles. The first-order chi connectivity index (χ1) is 11.5. The Morgan fingerprint density at radius 3 is 2.21 bits per heavy atom. The quantitative estimate of drug-likeness (QED) is 0.399. The highest BCUT2D eigenvalue weighted by Crippen LogP contribution is 2.23. The van der Waals surface area contributed by atoms with Gasteiger partial charge in [0, 0.05) is 6.42 Å². The number of carbonyl (C=O) groups is 1. The van der Waals surface area contributed by atoms with E-state index in [9.17, 15) is 4.79 Å². The number of hydrogen-bond donors (Lipinski definition) is 0. The number of hydrogen-bond acceptors (Lipinski definition) is 3. The standard InChI is InChI=1S/C21H26O3/c1-15(2)18-10-12-19(13-11-18)23-14-6-9-20(22)24-21-16(3)7-5-8-17(21)4/h5,7-8,10-13,15H,6,9,14H2,1-4H3. The predicted octanol–water partition coefficient (Wildman–Crippen LogP) is 5.19. The molecule has 0 radical (unpaired) electrons. The Bertz CT molecular complexity index is 652. The zero-order valence-corrected chi connectivity index (χ0v) is 15.0. The molecule has 2 aromatic carbocycles. The average Bonchev–Trinajstić information content (AvgIpc) is 2.55. The molecular formula is C21H26O3. The highest BCUT2D eigenvalue weighted by Gasteiger charge is 2.09. The summed E-state index contributed by atoms with van der Waals surface area (Å²) in [6, 6.07) is 14.0. The normalized spacial score (nSPS) is 10.7. The zero-order valence-electron chi connectivity index (χ0n) is 15.0. The topological polar surface area (TPSA) is 35.5 Å². The molecule has 24 heavy (non-hydrogen) atoms. The molecule has 0 saturated carbocycles. The van der Waals surface area contributed by atoms with Crippen LogP contribution in [0.15, 0.2) is 42.5 Å². The molecule has 2 aromatic rings. The van der Waals surface area contributed by atoms with Crippen LogP contribution in [0.25, 0.3) is 0 Å². The number of carbonyl (C=O) groups excluding carboxylic acids is 1. The molecule has 0 aliphatic rings. The van der Waals surface area contributed by atoms with E-state index in [1.54, 1.807) is 0 Å². The fraction of sp³-hybridized carbons (Fsp3) is 0.381. The Morgan fingerprint density at radius 2 is 1.62 bits per heavy atom. The lowest BCUT2D eigenvalue weighted by Crippen LogP contribution is -2.11. The summed E-state index contributed by atoms with van der Waals surface area (Å²) in [5.74, 6) is 1.81. The van der Waals surface area contributed by atoms with Crippen LogP contribution < -0.4 is 9.47 Å². The second-order valence-electron chi connectivity index (χ2n) is 6.37. The Balaban J connectivity index is 1.75. The van der Waals surface area contributed by atoms with E-state index < -0.39 is 0 Å². The van der Waals surface area contributed by atoms with Gasteiger partial charge in [-0.05, 0) is 55.0 Å². The van der Waals surface area contributed by atoms with Gasteiger partial charge in [0.05, 0.1) is 6.61 Å². The van der Waals surface area contributed by atoms with Gasteiger partial charge < -0.3 is 9.47 Å². The van der Waals surface area contributed by atoms with Gasteiger partial charge in [-0.3, -0.25) is 4.79 Å². The minimum atomic E-state index is -0.217. The lowest BCUT2D eigenvalue weighted by molar-refractivity contribution is -0.134. The molecule has 0 amide bonds. The van der Waals surface area contributed by atoms with Crippen molar-refractivity contribution in [2.24, 2.45) is 0 Å². The second-order valence-corrected chi connectivity index (χ2v) is 6.37. The summed E-state index contributed by atoms with van der Waals surface area (Å²) in [5, 5.41) is 0. The van der Waals surface area contributed by atoms with Gasteiger partial charge in [0.25, 0.3) is 0 Å². The molecule has 128 valence electrons. The number of ether oxygens (including phenoxy) is 2. The fourth-order valence-electron chi connectivity index (χ4n) is 2.48. The Hall–Kier alpha value is -2.29. The van der Waals surface area contributed by atoms with Crippen molar-refractivity contribution in [1.82, 2.24) is 0 Å². The summed E-state index contributed by atoms with van der Waals surface area (Å²) in [5.41, 5.74) is 3.24. The van der Waals surface area contributed by atoms with Crippen molar-refractivity contribution in [3.63, 3.8) is 0 Å². The maximum atomic E-state index is 12.0. The summed E-state index contributed by atoms with van der Waals surface area (Å²) in [6.45, 7) is 8.72. The number of rotatable bonds is 7. The van der Waals surface area contributed by atoms with Gasteiger partial charge in [-0.25, -0.2) is 0 Å². The van der Waals surface area contributed by atoms with Crippen molar-refractivity contribution in [2.45, 2.75) is 46.5 Å². The van der Waals surface area contributed by atoms with Crippen molar-refractivity contribution in [3.8, 4) is 11.5 Å². The second kappa shape index (κ2) is 8.53. The van der Waals surface area contributed by atoms with Crippen LogP contribution in [0.3, 0.4) is 0 Å². The van der Waals surface area contributed by atoms with Crippen LogP contribution in [0.2, 0.25) is 0 Å². The third kappa shape index (κ3) is 5.12. The summed E-state index contributed by atoms with van der Waals surface area (Å²) >= 11 is 0. The summed E-state index contributed by atoms with van der Waals surface area (Å²) < 4.78 is 11.2. The molecule has 0 saturated heterocycles. The van der Waals surface area contributed by atoms with Gasteiger partial charge in [-0.15, -0.1) is 0 Å². The summed E-state index contributed by atoms with van der Waals surface area (Å²) in [4.78, 5) is 12.0. The predicted molar refractivity (Wildman–Crippen MR) is 96.8 cm³/mol. The SMILES string of the molecule is Cc1cccc(C)c1OC(=O)CCCOc1ccc(C(C)C)cc1. The summed E-state index contributed by atoms with van der Waals surface area (Å²) in [6.07, 6.45) is 0.980. The first-order valence-electron chi connectivity index (χ1n) is 8.47. The summed E-state index contributed by atoms with van der Waals surface area (Å²) in [7, 11) is 0. The van der Waals surface area contributed by atoms with Crippen molar-refractivity contribution in [3.05, 3.63) is 59.2 Å². The highest BCUT2D eigenvalue weighted by molar-refractivity contribution is 5.73. The van der Waals surface area contributed by atoms with Gasteiger partial charge in [0.1, 0.15) is 11.5 Å². The van der Waals surface area contributed by atoms with Crippen LogP contribution in [0.5, 0.6) is 11.5 Å². The first-order valence-corrected chi connectivity index (χ1v) is 8.47. The van der Waals surface area contributed by atoms with Gasteiger partial charge in [0.2, 0.25) is 0 Å². The van der Waals surface area contributed by atoms with E-state index in [1.807, 2.05) is 44.2 Å². The van der Waals surface area contributed by atoms with Crippen LogP contribution in [0.1, 0.15) is 49.3 Å². The van der Waals surface area contributed by atoms with E-state index in [0.717, 1.165) is 16.9 Å². The van der Waals surface area contributed by atoms with E-state index >= 15 is 0 Å². The fourth-order valence-corrected chi connectivity index (χ4v) is 2.48. The first kappa shape index (κ1) is 18.1. The average molecular weight is 326 g/mol. The number of esters is 1. The molecular weight excluding hydrogens is 300 g/mol.